The molecular formula is C21H32N2O3. The Kier molecular flexibility index (Phi) is 5.70. The molecule has 1 aliphatic carbocycles. The third kappa shape index (κ3) is 3.66. The molecule has 1 atom stereocenters. The van der Waals surface area contributed by atoms with Gasteiger partial charge in [-0.1, -0.05) is 43.7 Å². The lowest BCUT2D eigenvalue weighted by molar-refractivity contribution is -0.136. The Hall–Kier alpha value is -1.43. The van der Waals surface area contributed by atoms with Gasteiger partial charge >= 0.3 is 0 Å². The van der Waals surface area contributed by atoms with Crippen molar-refractivity contribution in [2.24, 2.45) is 5.41 Å². The molecule has 1 aromatic carbocycles. The Balaban J connectivity index is 1.61. The van der Waals surface area contributed by atoms with Gasteiger partial charge in [-0.15, -0.1) is 0 Å². The van der Waals surface area contributed by atoms with Crippen LogP contribution in [0.3, 0.4) is 0 Å². The largest absolute Gasteiger partial charge is 0.394 e. The van der Waals surface area contributed by atoms with E-state index in [2.05, 4.69) is 54.8 Å². The van der Waals surface area contributed by atoms with Gasteiger partial charge in [-0.2, -0.15) is 0 Å². The number of carbonyl (C=O) groups is 1. The maximum atomic E-state index is 13.4. The van der Waals surface area contributed by atoms with Crippen LogP contribution in [0.1, 0.15) is 31.4 Å². The summed E-state index contributed by atoms with van der Waals surface area (Å²) in [5.41, 5.74) is 2.06. The average Bonchev–Trinajstić information content (AvgIpc) is 3.23. The van der Waals surface area contributed by atoms with Crippen LogP contribution < -0.4 is 0 Å². The molecular weight excluding hydrogens is 328 g/mol. The van der Waals surface area contributed by atoms with E-state index in [1.165, 1.54) is 5.56 Å². The zero-order chi connectivity index (χ0) is 18.8. The smallest absolute Gasteiger partial charge is 0.233 e. The number of nitrogens with zero attached hydrogens (tertiary/aromatic N) is 2. The molecule has 3 rings (SSSR count). The summed E-state index contributed by atoms with van der Waals surface area (Å²) in [7, 11) is 0. The van der Waals surface area contributed by atoms with Crippen LogP contribution in [0.4, 0.5) is 0 Å². The highest BCUT2D eigenvalue weighted by molar-refractivity contribution is 5.93. The third-order valence-corrected chi connectivity index (χ3v) is 6.09. The molecule has 1 saturated carbocycles. The van der Waals surface area contributed by atoms with E-state index >= 15 is 0 Å². The SMILES string of the molecule is Cc1ccc([C@]2(C(=O)N3CCN(CCOCCO)CC3)CC2(C)C)cc1. The van der Waals surface area contributed by atoms with Crippen molar-refractivity contribution >= 4 is 5.91 Å². The summed E-state index contributed by atoms with van der Waals surface area (Å²) in [5.74, 6) is 0.294. The molecule has 26 heavy (non-hydrogen) atoms. The van der Waals surface area contributed by atoms with E-state index in [1.54, 1.807) is 0 Å². The van der Waals surface area contributed by atoms with Gasteiger partial charge in [-0.3, -0.25) is 9.69 Å². The Morgan fingerprint density at radius 3 is 2.27 bits per heavy atom. The number of aryl methyl sites for hydroxylation is 1. The van der Waals surface area contributed by atoms with Gasteiger partial charge in [0, 0.05) is 32.7 Å². The summed E-state index contributed by atoms with van der Waals surface area (Å²) in [5, 5.41) is 8.75. The molecule has 2 fully saturated rings. The molecule has 144 valence electrons. The molecule has 2 aliphatic rings. The molecule has 5 nitrogen and oxygen atoms in total. The van der Waals surface area contributed by atoms with Crippen LogP contribution in [0.5, 0.6) is 0 Å². The van der Waals surface area contributed by atoms with Crippen LogP contribution in [-0.2, 0) is 14.9 Å². The summed E-state index contributed by atoms with van der Waals surface area (Å²) in [6, 6.07) is 8.50. The number of rotatable bonds is 7. The molecule has 0 bridgehead atoms. The highest BCUT2D eigenvalue weighted by Crippen LogP contribution is 2.65. The number of hydrogen-bond donors (Lipinski definition) is 1. The van der Waals surface area contributed by atoms with Crippen molar-refractivity contribution < 1.29 is 14.6 Å². The van der Waals surface area contributed by atoms with E-state index < -0.39 is 0 Å². The minimum Gasteiger partial charge on any atom is -0.394 e. The van der Waals surface area contributed by atoms with Gasteiger partial charge in [-0.05, 0) is 24.3 Å². The fourth-order valence-corrected chi connectivity index (χ4v) is 4.24. The first-order valence-corrected chi connectivity index (χ1v) is 9.68. The molecule has 0 unspecified atom stereocenters. The first-order valence-electron chi connectivity index (χ1n) is 9.68. The summed E-state index contributed by atoms with van der Waals surface area (Å²) in [6.07, 6.45) is 0.928. The van der Waals surface area contributed by atoms with E-state index in [0.29, 0.717) is 19.1 Å². The molecule has 1 heterocycles. The van der Waals surface area contributed by atoms with Gasteiger partial charge in [0.2, 0.25) is 5.91 Å². The second-order valence-electron chi connectivity index (χ2n) is 8.30. The summed E-state index contributed by atoms with van der Waals surface area (Å²) in [6.45, 7) is 11.8. The van der Waals surface area contributed by atoms with Crippen molar-refractivity contribution in [1.82, 2.24) is 9.80 Å². The predicted octanol–water partition coefficient (Wildman–Crippen LogP) is 1.82. The first-order chi connectivity index (χ1) is 12.4. The van der Waals surface area contributed by atoms with Gasteiger partial charge in [-0.25, -0.2) is 0 Å². The molecule has 0 radical (unpaired) electrons. The quantitative estimate of drug-likeness (QED) is 0.754. The monoisotopic (exact) mass is 360 g/mol. The molecule has 1 saturated heterocycles. The Bertz CT molecular complexity index is 621. The van der Waals surface area contributed by atoms with Crippen molar-refractivity contribution in [1.29, 1.82) is 0 Å². The summed E-state index contributed by atoms with van der Waals surface area (Å²) < 4.78 is 5.35. The highest BCUT2D eigenvalue weighted by atomic mass is 16.5. The zero-order valence-corrected chi connectivity index (χ0v) is 16.3. The van der Waals surface area contributed by atoms with Crippen LogP contribution in [0, 0.1) is 12.3 Å². The molecule has 1 aromatic rings. The van der Waals surface area contributed by atoms with Crippen LogP contribution >= 0.6 is 0 Å². The molecule has 1 amide bonds. The molecule has 0 aromatic heterocycles. The van der Waals surface area contributed by atoms with Crippen LogP contribution in [-0.4, -0.2) is 73.4 Å². The lowest BCUT2D eigenvalue weighted by Gasteiger charge is -2.37. The van der Waals surface area contributed by atoms with E-state index in [1.807, 2.05) is 0 Å². The molecule has 5 heteroatoms. The van der Waals surface area contributed by atoms with Crippen LogP contribution in [0.25, 0.3) is 0 Å². The predicted molar refractivity (Wildman–Crippen MR) is 102 cm³/mol. The van der Waals surface area contributed by atoms with Gasteiger partial charge in [0.05, 0.1) is 25.2 Å². The normalized spacial score (nSPS) is 25.3. The number of benzene rings is 1. The highest BCUT2D eigenvalue weighted by Gasteiger charge is 2.67. The van der Waals surface area contributed by atoms with E-state index in [9.17, 15) is 4.79 Å². The van der Waals surface area contributed by atoms with Gasteiger partial charge < -0.3 is 14.7 Å². The lowest BCUT2D eigenvalue weighted by atomic mass is 9.86. The van der Waals surface area contributed by atoms with Crippen molar-refractivity contribution in [3.8, 4) is 0 Å². The topological polar surface area (TPSA) is 53.0 Å². The maximum Gasteiger partial charge on any atom is 0.233 e. The number of amides is 1. The number of carbonyl (C=O) groups excluding carboxylic acids is 1. The van der Waals surface area contributed by atoms with Crippen molar-refractivity contribution in [3.05, 3.63) is 35.4 Å². The van der Waals surface area contributed by atoms with Crippen molar-refractivity contribution in [3.63, 3.8) is 0 Å². The minimum atomic E-state index is -0.354. The van der Waals surface area contributed by atoms with Gasteiger partial charge in [0.15, 0.2) is 0 Å². The minimum absolute atomic E-state index is 0.0224. The summed E-state index contributed by atoms with van der Waals surface area (Å²) in [4.78, 5) is 17.8. The second kappa shape index (κ2) is 7.67. The molecule has 0 spiro atoms. The van der Waals surface area contributed by atoms with Gasteiger partial charge in [0.1, 0.15) is 0 Å². The number of aliphatic hydroxyl groups is 1. The first kappa shape index (κ1) is 19.3. The maximum absolute atomic E-state index is 13.4. The van der Waals surface area contributed by atoms with E-state index in [-0.39, 0.29) is 17.4 Å². The Morgan fingerprint density at radius 2 is 1.73 bits per heavy atom. The fraction of sp³-hybridized carbons (Fsp3) is 0.667. The molecule has 1 aliphatic heterocycles. The van der Waals surface area contributed by atoms with Crippen molar-refractivity contribution in [2.75, 3.05) is 52.5 Å². The van der Waals surface area contributed by atoms with E-state index in [0.717, 1.165) is 44.7 Å². The van der Waals surface area contributed by atoms with E-state index in [4.69, 9.17) is 9.84 Å². The van der Waals surface area contributed by atoms with Crippen molar-refractivity contribution in [2.45, 2.75) is 32.6 Å². The number of aliphatic hydroxyl groups excluding tert-OH is 1. The third-order valence-electron chi connectivity index (χ3n) is 6.09. The summed E-state index contributed by atoms with van der Waals surface area (Å²) >= 11 is 0. The molecule has 1 N–H and O–H groups in total. The number of ether oxygens (including phenoxy) is 1. The second-order valence-corrected chi connectivity index (χ2v) is 8.30. The Morgan fingerprint density at radius 1 is 1.12 bits per heavy atom. The lowest BCUT2D eigenvalue weighted by Crippen LogP contribution is -2.52. The standard InChI is InChI=1S/C21H32N2O3/c1-17-4-6-18(7-5-17)21(16-20(21,2)3)19(25)23-10-8-22(9-11-23)12-14-26-15-13-24/h4-7,24H,8-16H2,1-3H3/t21-/m0/s1. The zero-order valence-electron chi connectivity index (χ0n) is 16.3. The number of piperazine rings is 1. The van der Waals surface area contributed by atoms with Gasteiger partial charge in [0.25, 0.3) is 0 Å². The number of hydrogen-bond acceptors (Lipinski definition) is 4. The van der Waals surface area contributed by atoms with Crippen LogP contribution in [0.15, 0.2) is 24.3 Å². The average molecular weight is 360 g/mol. The Labute approximate surface area is 156 Å². The van der Waals surface area contributed by atoms with Crippen LogP contribution in [0.2, 0.25) is 0 Å². The fourth-order valence-electron chi connectivity index (χ4n) is 4.24.